The summed E-state index contributed by atoms with van der Waals surface area (Å²) in [6.07, 6.45) is 0. The lowest BCUT2D eigenvalue weighted by molar-refractivity contribution is -0.116. The summed E-state index contributed by atoms with van der Waals surface area (Å²) in [6, 6.07) is 3.46. The molecule has 3 nitrogen and oxygen atoms in total. The molecule has 21 heavy (non-hydrogen) atoms. The summed E-state index contributed by atoms with van der Waals surface area (Å²) < 4.78 is 42.1. The van der Waals surface area contributed by atoms with E-state index in [1.54, 1.807) is 6.92 Å². The fourth-order valence-corrected chi connectivity index (χ4v) is 2.30. The molecule has 0 spiro atoms. The van der Waals surface area contributed by atoms with Crippen LogP contribution in [-0.2, 0) is 9.53 Å². The van der Waals surface area contributed by atoms with Crippen molar-refractivity contribution in [2.45, 2.75) is 29.6 Å². The Kier molecular flexibility index (Phi) is 6.10. The molecule has 0 amide bonds. The van der Waals surface area contributed by atoms with Crippen LogP contribution in [0.15, 0.2) is 23.1 Å². The number of alkyl halides is 4. The maximum Gasteiger partial charge on any atom is 0.446 e. The number of halogens is 4. The van der Waals surface area contributed by atoms with Crippen LogP contribution in [-0.4, -0.2) is 23.9 Å². The largest absolute Gasteiger partial charge is 0.462 e. The van der Waals surface area contributed by atoms with Crippen molar-refractivity contribution in [3.05, 3.63) is 29.3 Å². The SMILES string of the molecule is CCOC(=O)c1cc(SC(F)(F)F)cc(C(Cl)C(C)=O)c1. The summed E-state index contributed by atoms with van der Waals surface area (Å²) in [6.45, 7) is 2.88. The predicted octanol–water partition coefficient (Wildman–Crippen LogP) is 4.34. The molecule has 0 aliphatic rings. The number of carbonyl (C=O) groups excluding carboxylic acids is 2. The van der Waals surface area contributed by atoms with Crippen LogP contribution < -0.4 is 0 Å². The number of ether oxygens (including phenoxy) is 1. The summed E-state index contributed by atoms with van der Waals surface area (Å²) in [5.74, 6) is -1.20. The Morgan fingerprint density at radius 2 is 1.95 bits per heavy atom. The van der Waals surface area contributed by atoms with Crippen molar-refractivity contribution in [2.24, 2.45) is 0 Å². The standard InChI is InChI=1S/C13H12ClF3O3S/c1-3-20-12(19)9-4-8(11(14)7(2)18)5-10(6-9)21-13(15,16)17/h4-6,11H,3H2,1-2H3. The van der Waals surface area contributed by atoms with Crippen molar-refractivity contribution in [3.8, 4) is 0 Å². The number of carbonyl (C=O) groups is 2. The van der Waals surface area contributed by atoms with E-state index in [4.69, 9.17) is 16.3 Å². The number of hydrogen-bond donors (Lipinski definition) is 0. The molecule has 0 bridgehead atoms. The molecule has 116 valence electrons. The molecule has 0 aliphatic carbocycles. The molecule has 0 aromatic heterocycles. The van der Waals surface area contributed by atoms with Gasteiger partial charge in [-0.05, 0) is 49.4 Å². The Hall–Kier alpha value is -1.21. The summed E-state index contributed by atoms with van der Waals surface area (Å²) >= 11 is 5.46. The lowest BCUT2D eigenvalue weighted by Gasteiger charge is -2.12. The first-order chi connectivity index (χ1) is 9.64. The van der Waals surface area contributed by atoms with E-state index < -0.39 is 22.6 Å². The Morgan fingerprint density at radius 3 is 2.43 bits per heavy atom. The molecule has 0 aliphatic heterocycles. The fraction of sp³-hybridized carbons (Fsp3) is 0.385. The van der Waals surface area contributed by atoms with Crippen molar-refractivity contribution in [3.63, 3.8) is 0 Å². The van der Waals surface area contributed by atoms with Gasteiger partial charge in [0.05, 0.1) is 12.2 Å². The second kappa shape index (κ2) is 7.17. The molecule has 1 aromatic carbocycles. The lowest BCUT2D eigenvalue weighted by atomic mass is 10.1. The van der Waals surface area contributed by atoms with Crippen LogP contribution in [0.2, 0.25) is 0 Å². The zero-order valence-corrected chi connectivity index (χ0v) is 12.7. The average Bonchev–Trinajstić information content (AvgIpc) is 2.35. The van der Waals surface area contributed by atoms with E-state index in [9.17, 15) is 22.8 Å². The van der Waals surface area contributed by atoms with Gasteiger partial charge >= 0.3 is 11.5 Å². The number of hydrogen-bond acceptors (Lipinski definition) is 4. The van der Waals surface area contributed by atoms with E-state index >= 15 is 0 Å². The Balaban J connectivity index is 3.25. The van der Waals surface area contributed by atoms with E-state index in [0.29, 0.717) is 0 Å². The van der Waals surface area contributed by atoms with Gasteiger partial charge in [0, 0.05) is 4.90 Å². The predicted molar refractivity (Wildman–Crippen MR) is 73.6 cm³/mol. The average molecular weight is 341 g/mol. The van der Waals surface area contributed by atoms with Gasteiger partial charge in [0.25, 0.3) is 0 Å². The molecule has 0 saturated heterocycles. The summed E-state index contributed by atoms with van der Waals surface area (Å²) in [7, 11) is 0. The Labute approximate surface area is 128 Å². The van der Waals surface area contributed by atoms with Crippen LogP contribution in [0.4, 0.5) is 13.2 Å². The van der Waals surface area contributed by atoms with Gasteiger partial charge in [-0.25, -0.2) is 4.79 Å². The van der Waals surface area contributed by atoms with Crippen LogP contribution >= 0.6 is 23.4 Å². The summed E-state index contributed by atoms with van der Waals surface area (Å²) in [5, 5.41) is -1.12. The smallest absolute Gasteiger partial charge is 0.446 e. The summed E-state index contributed by atoms with van der Waals surface area (Å²) in [5.41, 5.74) is -4.46. The number of Topliss-reactive ketones (excluding diaryl/α,β-unsaturated/α-hetero) is 1. The summed E-state index contributed by atoms with van der Waals surface area (Å²) in [4.78, 5) is 22.7. The van der Waals surface area contributed by atoms with E-state index in [2.05, 4.69) is 0 Å². The molecule has 0 radical (unpaired) electrons. The minimum Gasteiger partial charge on any atom is -0.462 e. The van der Waals surface area contributed by atoms with Crippen LogP contribution in [0.3, 0.4) is 0 Å². The number of thioether (sulfide) groups is 1. The maximum absolute atomic E-state index is 12.5. The second-order valence-electron chi connectivity index (χ2n) is 4.03. The van der Waals surface area contributed by atoms with Crippen LogP contribution in [0, 0.1) is 0 Å². The first-order valence-corrected chi connectivity index (χ1v) is 7.11. The molecule has 0 fully saturated rings. The van der Waals surface area contributed by atoms with Crippen molar-refractivity contribution < 1.29 is 27.5 Å². The molecule has 1 atom stereocenters. The minimum atomic E-state index is -4.51. The first kappa shape index (κ1) is 17.8. The quantitative estimate of drug-likeness (QED) is 0.454. The number of ketones is 1. The van der Waals surface area contributed by atoms with Crippen molar-refractivity contribution >= 4 is 35.1 Å². The molecule has 0 N–H and O–H groups in total. The van der Waals surface area contributed by atoms with Gasteiger partial charge in [-0.15, -0.1) is 11.6 Å². The van der Waals surface area contributed by atoms with Gasteiger partial charge in [-0.1, -0.05) is 0 Å². The highest BCUT2D eigenvalue weighted by atomic mass is 35.5. The van der Waals surface area contributed by atoms with E-state index in [1.807, 2.05) is 0 Å². The van der Waals surface area contributed by atoms with Gasteiger partial charge in [-0.2, -0.15) is 13.2 Å². The van der Waals surface area contributed by atoms with Gasteiger partial charge in [0.2, 0.25) is 0 Å². The lowest BCUT2D eigenvalue weighted by Crippen LogP contribution is -2.09. The normalized spacial score (nSPS) is 12.9. The molecule has 1 rings (SSSR count). The van der Waals surface area contributed by atoms with Gasteiger partial charge in [0.1, 0.15) is 5.38 Å². The maximum atomic E-state index is 12.5. The highest BCUT2D eigenvalue weighted by molar-refractivity contribution is 8.00. The zero-order valence-electron chi connectivity index (χ0n) is 11.2. The third-order valence-electron chi connectivity index (χ3n) is 2.32. The van der Waals surface area contributed by atoms with Crippen LogP contribution in [0.25, 0.3) is 0 Å². The van der Waals surface area contributed by atoms with Gasteiger partial charge in [-0.3, -0.25) is 4.79 Å². The minimum absolute atomic E-state index is 0.0759. The number of rotatable bonds is 5. The van der Waals surface area contributed by atoms with Crippen molar-refractivity contribution in [1.82, 2.24) is 0 Å². The van der Waals surface area contributed by atoms with Gasteiger partial charge in [0.15, 0.2) is 5.78 Å². The van der Waals surface area contributed by atoms with E-state index in [1.165, 1.54) is 13.0 Å². The fourth-order valence-electron chi connectivity index (χ4n) is 1.53. The second-order valence-corrected chi connectivity index (χ2v) is 5.61. The monoisotopic (exact) mass is 340 g/mol. The van der Waals surface area contributed by atoms with Crippen molar-refractivity contribution in [1.29, 1.82) is 0 Å². The Morgan fingerprint density at radius 1 is 1.33 bits per heavy atom. The zero-order chi connectivity index (χ0) is 16.2. The van der Waals surface area contributed by atoms with E-state index in [0.717, 1.165) is 12.1 Å². The number of esters is 1. The highest BCUT2D eigenvalue weighted by Crippen LogP contribution is 2.39. The molecule has 0 heterocycles. The topological polar surface area (TPSA) is 43.4 Å². The first-order valence-electron chi connectivity index (χ1n) is 5.86. The molecule has 0 saturated carbocycles. The van der Waals surface area contributed by atoms with E-state index in [-0.39, 0.29) is 34.4 Å². The molecule has 1 unspecified atom stereocenters. The molecular formula is C13H12ClF3O3S. The Bertz CT molecular complexity index is 546. The molecular weight excluding hydrogens is 329 g/mol. The number of benzene rings is 1. The molecule has 8 heteroatoms. The van der Waals surface area contributed by atoms with Gasteiger partial charge < -0.3 is 4.74 Å². The third kappa shape index (κ3) is 5.59. The molecule has 1 aromatic rings. The third-order valence-corrected chi connectivity index (χ3v) is 3.59. The van der Waals surface area contributed by atoms with Crippen molar-refractivity contribution in [2.75, 3.05) is 6.61 Å². The highest BCUT2D eigenvalue weighted by Gasteiger charge is 2.30. The van der Waals surface area contributed by atoms with Crippen LogP contribution in [0.1, 0.15) is 35.1 Å². The van der Waals surface area contributed by atoms with Crippen LogP contribution in [0.5, 0.6) is 0 Å².